The Morgan fingerprint density at radius 1 is 1.45 bits per heavy atom. The van der Waals surface area contributed by atoms with E-state index in [0.717, 1.165) is 5.76 Å². The van der Waals surface area contributed by atoms with Crippen molar-refractivity contribution in [2.45, 2.75) is 32.0 Å². The van der Waals surface area contributed by atoms with Gasteiger partial charge in [0.15, 0.2) is 0 Å². The number of carbonyl (C=O) groups is 1. The first-order valence-electron chi connectivity index (χ1n) is 7.10. The highest BCUT2D eigenvalue weighted by Crippen LogP contribution is 2.13. The average molecular weight is 320 g/mol. The Hall–Kier alpha value is -2.02. The summed E-state index contributed by atoms with van der Waals surface area (Å²) in [4.78, 5) is 16.1. The molecular formula is C15H20N4O2S. The summed E-state index contributed by atoms with van der Waals surface area (Å²) in [5.74, 6) is 2.07. The minimum Gasteiger partial charge on any atom is -0.465 e. The summed E-state index contributed by atoms with van der Waals surface area (Å²) in [7, 11) is 0. The number of hydrogen-bond acceptors (Lipinski definition) is 5. The third kappa shape index (κ3) is 5.07. The Bertz CT molecular complexity index is 619. The number of aromatic nitrogens is 3. The number of hydrogen-bond donors (Lipinski definition) is 2. The van der Waals surface area contributed by atoms with Crippen molar-refractivity contribution in [1.82, 2.24) is 20.5 Å². The van der Waals surface area contributed by atoms with Crippen molar-refractivity contribution in [3.63, 3.8) is 0 Å². The number of rotatable bonds is 7. The van der Waals surface area contributed by atoms with Gasteiger partial charge in [0, 0.05) is 6.04 Å². The molecule has 0 bridgehead atoms. The smallest absolute Gasteiger partial charge is 0.230 e. The van der Waals surface area contributed by atoms with Crippen molar-refractivity contribution in [3.8, 4) is 0 Å². The number of aromatic amines is 1. The molecule has 0 saturated heterocycles. The lowest BCUT2D eigenvalue weighted by Crippen LogP contribution is -2.37. The predicted octanol–water partition coefficient (Wildman–Crippen LogP) is 2.82. The third-order valence-corrected chi connectivity index (χ3v) is 4.00. The van der Waals surface area contributed by atoms with E-state index in [1.807, 2.05) is 19.1 Å². The topological polar surface area (TPSA) is 83.8 Å². The van der Waals surface area contributed by atoms with Crippen LogP contribution in [0.2, 0.25) is 0 Å². The third-order valence-electron chi connectivity index (χ3n) is 3.15. The van der Waals surface area contributed by atoms with Crippen LogP contribution in [0.25, 0.3) is 12.2 Å². The fraction of sp³-hybridized carbons (Fsp3) is 0.400. The van der Waals surface area contributed by atoms with Gasteiger partial charge in [-0.3, -0.25) is 9.89 Å². The molecular weight excluding hydrogens is 300 g/mol. The fourth-order valence-corrected chi connectivity index (χ4v) is 2.15. The number of nitrogens with one attached hydrogen (secondary N) is 2. The van der Waals surface area contributed by atoms with Gasteiger partial charge in [0.25, 0.3) is 0 Å². The first kappa shape index (κ1) is 16.4. The highest BCUT2D eigenvalue weighted by Gasteiger charge is 2.12. The van der Waals surface area contributed by atoms with E-state index in [0.29, 0.717) is 22.7 Å². The second kappa shape index (κ2) is 7.84. The van der Waals surface area contributed by atoms with E-state index in [1.54, 1.807) is 18.4 Å². The fourth-order valence-electron chi connectivity index (χ4n) is 1.54. The van der Waals surface area contributed by atoms with Crippen LogP contribution >= 0.6 is 11.8 Å². The quantitative estimate of drug-likeness (QED) is 0.766. The molecule has 0 aliphatic heterocycles. The summed E-state index contributed by atoms with van der Waals surface area (Å²) in [6.45, 7) is 6.15. The molecule has 1 amide bonds. The molecule has 0 radical (unpaired) electrons. The van der Waals surface area contributed by atoms with Crippen molar-refractivity contribution < 1.29 is 9.21 Å². The van der Waals surface area contributed by atoms with Gasteiger partial charge in [0.05, 0.1) is 12.0 Å². The normalized spacial score (nSPS) is 12.9. The van der Waals surface area contributed by atoms with Gasteiger partial charge in [-0.05, 0) is 37.1 Å². The van der Waals surface area contributed by atoms with Gasteiger partial charge in [-0.15, -0.1) is 5.10 Å². The van der Waals surface area contributed by atoms with E-state index in [4.69, 9.17) is 4.42 Å². The summed E-state index contributed by atoms with van der Waals surface area (Å²) in [5, 5.41) is 10.4. The maximum Gasteiger partial charge on any atom is 0.230 e. The molecule has 0 aliphatic rings. The van der Waals surface area contributed by atoms with Gasteiger partial charge in [-0.2, -0.15) is 0 Å². The molecule has 22 heavy (non-hydrogen) atoms. The van der Waals surface area contributed by atoms with Gasteiger partial charge >= 0.3 is 0 Å². The molecule has 0 fully saturated rings. The standard InChI is InChI=1S/C15H20N4O2S/c1-10(2)11(3)16-14(20)9-22-15-17-13(18-19-15)7-6-12-5-4-8-21-12/h4-8,10-11H,9H2,1-3H3,(H,16,20)(H,17,18,19)/b7-6+. The molecule has 6 nitrogen and oxygen atoms in total. The van der Waals surface area contributed by atoms with Crippen molar-refractivity contribution >= 4 is 29.8 Å². The highest BCUT2D eigenvalue weighted by atomic mass is 32.2. The Morgan fingerprint density at radius 2 is 2.27 bits per heavy atom. The van der Waals surface area contributed by atoms with E-state index in [-0.39, 0.29) is 11.9 Å². The average Bonchev–Trinajstić information content (AvgIpc) is 3.14. The highest BCUT2D eigenvalue weighted by molar-refractivity contribution is 7.99. The number of amides is 1. The molecule has 2 aromatic rings. The molecule has 2 rings (SSSR count). The lowest BCUT2D eigenvalue weighted by Gasteiger charge is -2.16. The summed E-state index contributed by atoms with van der Waals surface area (Å²) in [6.07, 6.45) is 5.18. The van der Waals surface area contributed by atoms with Crippen molar-refractivity contribution in [3.05, 3.63) is 30.0 Å². The molecule has 0 saturated carbocycles. The second-order valence-corrected chi connectivity index (χ2v) is 6.18. The van der Waals surface area contributed by atoms with Crippen LogP contribution in [0, 0.1) is 5.92 Å². The summed E-state index contributed by atoms with van der Waals surface area (Å²) >= 11 is 1.30. The molecule has 2 N–H and O–H groups in total. The molecule has 2 heterocycles. The van der Waals surface area contributed by atoms with Gasteiger partial charge in [-0.1, -0.05) is 25.6 Å². The molecule has 7 heteroatoms. The zero-order valence-electron chi connectivity index (χ0n) is 12.9. The van der Waals surface area contributed by atoms with E-state index < -0.39 is 0 Å². The van der Waals surface area contributed by atoms with Gasteiger partial charge in [-0.25, -0.2) is 4.98 Å². The van der Waals surface area contributed by atoms with Crippen LogP contribution < -0.4 is 5.32 Å². The zero-order valence-corrected chi connectivity index (χ0v) is 13.7. The molecule has 0 aliphatic carbocycles. The van der Waals surface area contributed by atoms with Crippen molar-refractivity contribution in [2.75, 3.05) is 5.75 Å². The first-order valence-corrected chi connectivity index (χ1v) is 8.09. The number of nitrogens with zero attached hydrogens (tertiary/aromatic N) is 2. The van der Waals surface area contributed by atoms with E-state index >= 15 is 0 Å². The Labute approximate surface area is 133 Å². The van der Waals surface area contributed by atoms with E-state index in [9.17, 15) is 4.79 Å². The molecule has 1 atom stereocenters. The number of H-pyrrole nitrogens is 1. The second-order valence-electron chi connectivity index (χ2n) is 5.24. The largest absolute Gasteiger partial charge is 0.465 e. The SMILES string of the molecule is CC(C)C(C)NC(=O)CSc1n[nH]c(/C=C/c2ccco2)n1. The van der Waals surface area contributed by atoms with Crippen molar-refractivity contribution in [2.24, 2.45) is 5.92 Å². The summed E-state index contributed by atoms with van der Waals surface area (Å²) in [5.41, 5.74) is 0. The maximum absolute atomic E-state index is 11.8. The van der Waals surface area contributed by atoms with Crippen LogP contribution in [0.4, 0.5) is 0 Å². The number of thioether (sulfide) groups is 1. The first-order chi connectivity index (χ1) is 10.5. The van der Waals surface area contributed by atoms with E-state index in [2.05, 4.69) is 34.3 Å². The Kier molecular flexibility index (Phi) is 5.83. The number of carbonyl (C=O) groups excluding carboxylic acids is 1. The Balaban J connectivity index is 1.81. The van der Waals surface area contributed by atoms with Gasteiger partial charge < -0.3 is 9.73 Å². The van der Waals surface area contributed by atoms with Crippen LogP contribution in [-0.2, 0) is 4.79 Å². The molecule has 0 spiro atoms. The molecule has 0 aromatic carbocycles. The number of furan rings is 1. The lowest BCUT2D eigenvalue weighted by atomic mass is 10.1. The van der Waals surface area contributed by atoms with Crippen LogP contribution in [0.5, 0.6) is 0 Å². The molecule has 1 unspecified atom stereocenters. The molecule has 118 valence electrons. The van der Waals surface area contributed by atoms with Crippen LogP contribution in [0.3, 0.4) is 0 Å². The van der Waals surface area contributed by atoms with Gasteiger partial charge in [0.2, 0.25) is 11.1 Å². The summed E-state index contributed by atoms with van der Waals surface area (Å²) < 4.78 is 5.19. The van der Waals surface area contributed by atoms with Crippen LogP contribution in [0.15, 0.2) is 28.0 Å². The monoisotopic (exact) mass is 320 g/mol. The van der Waals surface area contributed by atoms with E-state index in [1.165, 1.54) is 11.8 Å². The van der Waals surface area contributed by atoms with Crippen LogP contribution in [-0.4, -0.2) is 32.9 Å². The maximum atomic E-state index is 11.8. The lowest BCUT2D eigenvalue weighted by molar-refractivity contribution is -0.119. The van der Waals surface area contributed by atoms with Crippen LogP contribution in [0.1, 0.15) is 32.4 Å². The molecule has 2 aromatic heterocycles. The zero-order chi connectivity index (χ0) is 15.9. The minimum absolute atomic E-state index is 0.0105. The van der Waals surface area contributed by atoms with Crippen molar-refractivity contribution in [1.29, 1.82) is 0 Å². The van der Waals surface area contributed by atoms with Gasteiger partial charge in [0.1, 0.15) is 11.6 Å². The minimum atomic E-state index is -0.0105. The predicted molar refractivity (Wildman–Crippen MR) is 87.2 cm³/mol. The Morgan fingerprint density at radius 3 is 2.95 bits per heavy atom. The summed E-state index contributed by atoms with van der Waals surface area (Å²) in [6, 6.07) is 3.83.